The number of benzene rings is 2. The van der Waals surface area contributed by atoms with E-state index in [9.17, 15) is 25.0 Å². The van der Waals surface area contributed by atoms with Gasteiger partial charge in [-0.25, -0.2) is 5.43 Å². The van der Waals surface area contributed by atoms with Gasteiger partial charge in [0, 0.05) is 53.7 Å². The molecule has 3 rings (SSSR count). The fourth-order valence-corrected chi connectivity index (χ4v) is 3.02. The lowest BCUT2D eigenvalue weighted by atomic mass is 10.1. The van der Waals surface area contributed by atoms with E-state index in [2.05, 4.69) is 10.5 Å². The Balaban J connectivity index is 1.81. The number of anilines is 1. The second-order valence-electron chi connectivity index (χ2n) is 6.56. The van der Waals surface area contributed by atoms with E-state index in [0.29, 0.717) is 37.4 Å². The summed E-state index contributed by atoms with van der Waals surface area (Å²) in [7, 11) is 0. The second kappa shape index (κ2) is 9.09. The molecule has 0 atom stereocenters. The van der Waals surface area contributed by atoms with Crippen LogP contribution in [0.15, 0.2) is 41.5 Å². The molecule has 1 fully saturated rings. The first-order valence-corrected chi connectivity index (χ1v) is 9.06. The summed E-state index contributed by atoms with van der Waals surface area (Å²) in [6.07, 6.45) is 1.32. The maximum Gasteiger partial charge on any atom is 0.273 e. The molecule has 11 nitrogen and oxygen atoms in total. The summed E-state index contributed by atoms with van der Waals surface area (Å²) in [6.45, 7) is 3.90. The minimum Gasteiger partial charge on any atom is -0.378 e. The summed E-state index contributed by atoms with van der Waals surface area (Å²) in [5.74, 6) is -0.632. The number of carbonyl (C=O) groups is 1. The van der Waals surface area contributed by atoms with Crippen molar-refractivity contribution in [1.29, 1.82) is 0 Å². The smallest absolute Gasteiger partial charge is 0.273 e. The molecule has 0 spiro atoms. The van der Waals surface area contributed by atoms with Crippen molar-refractivity contribution < 1.29 is 19.4 Å². The van der Waals surface area contributed by atoms with E-state index < -0.39 is 15.8 Å². The molecule has 156 valence electrons. The third-order valence-corrected chi connectivity index (χ3v) is 4.61. The summed E-state index contributed by atoms with van der Waals surface area (Å²) >= 11 is 0. The Hall–Kier alpha value is -3.86. The predicted octanol–water partition coefficient (Wildman–Crippen LogP) is 2.41. The summed E-state index contributed by atoms with van der Waals surface area (Å²) < 4.78 is 5.33. The highest BCUT2D eigenvalue weighted by atomic mass is 16.6. The van der Waals surface area contributed by atoms with Gasteiger partial charge in [0.15, 0.2) is 0 Å². The number of nitro groups is 2. The lowest BCUT2D eigenvalue weighted by Gasteiger charge is -2.29. The summed E-state index contributed by atoms with van der Waals surface area (Å²) in [6, 6.07) is 8.53. The van der Waals surface area contributed by atoms with Crippen LogP contribution in [-0.4, -0.2) is 48.3 Å². The first-order valence-electron chi connectivity index (χ1n) is 9.06. The van der Waals surface area contributed by atoms with E-state index in [1.165, 1.54) is 36.5 Å². The number of aryl methyl sites for hydroxylation is 1. The maximum atomic E-state index is 12.3. The van der Waals surface area contributed by atoms with Gasteiger partial charge in [-0.1, -0.05) is 6.07 Å². The van der Waals surface area contributed by atoms with Gasteiger partial charge in [-0.15, -0.1) is 0 Å². The second-order valence-corrected chi connectivity index (χ2v) is 6.56. The Morgan fingerprint density at radius 1 is 1.13 bits per heavy atom. The summed E-state index contributed by atoms with van der Waals surface area (Å²) in [4.78, 5) is 35.4. The molecule has 1 saturated heterocycles. The first kappa shape index (κ1) is 20.9. The van der Waals surface area contributed by atoms with Crippen LogP contribution in [0.1, 0.15) is 21.5 Å². The predicted molar refractivity (Wildman–Crippen MR) is 109 cm³/mol. The maximum absolute atomic E-state index is 12.3. The van der Waals surface area contributed by atoms with Crippen LogP contribution in [0.3, 0.4) is 0 Å². The van der Waals surface area contributed by atoms with E-state index in [0.717, 1.165) is 5.69 Å². The van der Waals surface area contributed by atoms with Crippen molar-refractivity contribution in [3.05, 3.63) is 73.3 Å². The monoisotopic (exact) mass is 413 g/mol. The van der Waals surface area contributed by atoms with E-state index >= 15 is 0 Å². The quantitative estimate of drug-likeness (QED) is 0.435. The first-order chi connectivity index (χ1) is 14.4. The number of hydrogen-bond donors (Lipinski definition) is 1. The molecule has 0 bridgehead atoms. The molecular formula is C19H19N5O6. The third-order valence-electron chi connectivity index (χ3n) is 4.61. The number of hydrazone groups is 1. The zero-order chi connectivity index (χ0) is 21.7. The van der Waals surface area contributed by atoms with Gasteiger partial charge in [-0.2, -0.15) is 5.10 Å². The molecule has 1 heterocycles. The third kappa shape index (κ3) is 4.75. The minimum atomic E-state index is -0.632. The van der Waals surface area contributed by atoms with E-state index in [1.807, 2.05) is 4.90 Å². The Kier molecular flexibility index (Phi) is 6.32. The van der Waals surface area contributed by atoms with E-state index in [4.69, 9.17) is 4.74 Å². The van der Waals surface area contributed by atoms with Crippen LogP contribution >= 0.6 is 0 Å². The molecule has 1 N–H and O–H groups in total. The molecule has 2 aromatic rings. The number of nitrogens with zero attached hydrogens (tertiary/aromatic N) is 4. The Morgan fingerprint density at radius 3 is 2.53 bits per heavy atom. The van der Waals surface area contributed by atoms with Crippen LogP contribution in [-0.2, 0) is 4.74 Å². The molecule has 0 aromatic heterocycles. The zero-order valence-electron chi connectivity index (χ0n) is 16.1. The molecule has 0 radical (unpaired) electrons. The van der Waals surface area contributed by atoms with Crippen LogP contribution in [0.25, 0.3) is 0 Å². The zero-order valence-corrected chi connectivity index (χ0v) is 16.1. The Morgan fingerprint density at radius 2 is 1.87 bits per heavy atom. The molecule has 2 aromatic carbocycles. The van der Waals surface area contributed by atoms with Gasteiger partial charge in [0.2, 0.25) is 0 Å². The molecule has 0 aliphatic carbocycles. The van der Waals surface area contributed by atoms with Crippen molar-refractivity contribution in [1.82, 2.24) is 5.43 Å². The Labute approximate surface area is 171 Å². The highest BCUT2D eigenvalue weighted by Gasteiger charge is 2.18. The SMILES string of the molecule is Cc1ccc(C(=O)N/N=C\c2cc([N+](=O)[O-])ccc2N2CCOCC2)cc1[N+](=O)[O-]. The molecule has 1 aliphatic rings. The number of hydrogen-bond acceptors (Lipinski definition) is 8. The van der Waals surface area contributed by atoms with Gasteiger partial charge in [0.1, 0.15) is 0 Å². The number of morpholine rings is 1. The van der Waals surface area contributed by atoms with Crippen molar-refractivity contribution in [2.24, 2.45) is 5.10 Å². The van der Waals surface area contributed by atoms with E-state index in [1.54, 1.807) is 13.0 Å². The number of amides is 1. The minimum absolute atomic E-state index is 0.0805. The molecule has 0 saturated carbocycles. The standard InChI is InChI=1S/C19H19N5O6/c1-13-2-3-14(11-18(13)24(28)29)19(25)21-20-12-15-10-16(23(26)27)4-5-17(15)22-6-8-30-9-7-22/h2-5,10-12H,6-9H2,1H3,(H,21,25)/b20-12-. The van der Waals surface area contributed by atoms with Crippen LogP contribution < -0.4 is 10.3 Å². The van der Waals surface area contributed by atoms with Gasteiger partial charge >= 0.3 is 0 Å². The number of nitrogens with one attached hydrogen (secondary N) is 1. The number of carbonyl (C=O) groups excluding carboxylic acids is 1. The number of rotatable bonds is 6. The summed E-state index contributed by atoms with van der Waals surface area (Å²) in [5.41, 5.74) is 3.74. The van der Waals surface area contributed by atoms with E-state index in [-0.39, 0.29) is 16.9 Å². The van der Waals surface area contributed by atoms with Gasteiger partial charge in [-0.05, 0) is 19.1 Å². The van der Waals surface area contributed by atoms with Gasteiger partial charge in [0.05, 0.1) is 29.3 Å². The molecule has 30 heavy (non-hydrogen) atoms. The van der Waals surface area contributed by atoms with Crippen LogP contribution in [0.2, 0.25) is 0 Å². The lowest BCUT2D eigenvalue weighted by Crippen LogP contribution is -2.36. The van der Waals surface area contributed by atoms with Gasteiger partial charge < -0.3 is 9.64 Å². The van der Waals surface area contributed by atoms with Crippen molar-refractivity contribution >= 4 is 29.2 Å². The highest BCUT2D eigenvalue weighted by molar-refractivity contribution is 5.96. The van der Waals surface area contributed by atoms with Crippen molar-refractivity contribution in [3.8, 4) is 0 Å². The topological polar surface area (TPSA) is 140 Å². The molecule has 1 amide bonds. The highest BCUT2D eigenvalue weighted by Crippen LogP contribution is 2.25. The van der Waals surface area contributed by atoms with Crippen LogP contribution in [0.4, 0.5) is 17.1 Å². The normalized spacial score (nSPS) is 14.0. The van der Waals surface area contributed by atoms with Crippen LogP contribution in [0.5, 0.6) is 0 Å². The lowest BCUT2D eigenvalue weighted by molar-refractivity contribution is -0.385. The largest absolute Gasteiger partial charge is 0.378 e. The van der Waals surface area contributed by atoms with Gasteiger partial charge in [0.25, 0.3) is 17.3 Å². The van der Waals surface area contributed by atoms with Crippen molar-refractivity contribution in [3.63, 3.8) is 0 Å². The van der Waals surface area contributed by atoms with Crippen LogP contribution in [0, 0.1) is 27.2 Å². The van der Waals surface area contributed by atoms with Gasteiger partial charge in [-0.3, -0.25) is 25.0 Å². The molecule has 11 heteroatoms. The van der Waals surface area contributed by atoms with Crippen molar-refractivity contribution in [2.75, 3.05) is 31.2 Å². The number of ether oxygens (including phenoxy) is 1. The average molecular weight is 413 g/mol. The molecule has 1 aliphatic heterocycles. The fourth-order valence-electron chi connectivity index (χ4n) is 3.02. The van der Waals surface area contributed by atoms with Crippen molar-refractivity contribution in [2.45, 2.75) is 6.92 Å². The number of non-ortho nitro benzene ring substituents is 1. The Bertz CT molecular complexity index is 1020. The average Bonchev–Trinajstić information content (AvgIpc) is 2.74. The number of nitro benzene ring substituents is 2. The summed E-state index contributed by atoms with van der Waals surface area (Å²) in [5, 5.41) is 26.1. The molecule has 0 unspecified atom stereocenters. The fraction of sp³-hybridized carbons (Fsp3) is 0.263. The molecular weight excluding hydrogens is 394 g/mol.